The molecule has 0 saturated heterocycles. The zero-order valence-corrected chi connectivity index (χ0v) is 13.8. The molecule has 0 aliphatic rings. The van der Waals surface area contributed by atoms with Crippen LogP contribution in [-0.2, 0) is 6.18 Å². The highest BCUT2D eigenvalue weighted by molar-refractivity contribution is 7.22. The van der Waals surface area contributed by atoms with Gasteiger partial charge in [0.2, 0.25) is 10.1 Å². The van der Waals surface area contributed by atoms with Crippen molar-refractivity contribution in [3.05, 3.63) is 33.1 Å². The van der Waals surface area contributed by atoms with Crippen LogP contribution in [0.3, 0.4) is 0 Å². The van der Waals surface area contributed by atoms with E-state index >= 15 is 0 Å². The summed E-state index contributed by atoms with van der Waals surface area (Å²) in [7, 11) is 0. The predicted molar refractivity (Wildman–Crippen MR) is 83.0 cm³/mol. The van der Waals surface area contributed by atoms with Crippen LogP contribution in [-0.4, -0.2) is 21.1 Å². The fourth-order valence-corrected chi connectivity index (χ4v) is 4.02. The van der Waals surface area contributed by atoms with E-state index in [0.29, 0.717) is 15.6 Å². The van der Waals surface area contributed by atoms with Crippen LogP contribution < -0.4 is 5.32 Å². The molecule has 1 amide bonds. The van der Waals surface area contributed by atoms with Crippen molar-refractivity contribution in [1.82, 2.24) is 15.2 Å². The minimum Gasteiger partial charge on any atom is -0.296 e. The van der Waals surface area contributed by atoms with Gasteiger partial charge in [-0.1, -0.05) is 17.4 Å². The second kappa shape index (κ2) is 5.98. The van der Waals surface area contributed by atoms with Crippen LogP contribution in [0, 0.1) is 6.92 Å². The number of hydrogen-bond donors (Lipinski definition) is 1. The molecule has 3 aromatic rings. The summed E-state index contributed by atoms with van der Waals surface area (Å²) < 4.78 is 37.4. The van der Waals surface area contributed by atoms with Crippen molar-refractivity contribution in [1.29, 1.82) is 0 Å². The first-order valence-corrected chi connectivity index (χ1v) is 8.59. The lowest BCUT2D eigenvalue weighted by molar-refractivity contribution is -0.138. The summed E-state index contributed by atoms with van der Waals surface area (Å²) in [5, 5.41) is 9.97. The molecule has 11 heteroatoms. The lowest BCUT2D eigenvalue weighted by atomic mass is 10.4. The average molecular weight is 376 g/mol. The monoisotopic (exact) mass is 376 g/mol. The number of amides is 1. The van der Waals surface area contributed by atoms with Gasteiger partial charge in [0.25, 0.3) is 5.91 Å². The first-order chi connectivity index (χ1) is 10.8. The van der Waals surface area contributed by atoms with Gasteiger partial charge in [-0.25, -0.2) is 4.98 Å². The number of nitrogens with one attached hydrogen (secondary N) is 1. The number of halogens is 3. The molecule has 3 heterocycles. The Bertz CT molecular complexity index is 838. The van der Waals surface area contributed by atoms with Crippen molar-refractivity contribution in [2.24, 2.45) is 0 Å². The summed E-state index contributed by atoms with van der Waals surface area (Å²) >= 11 is 2.95. The van der Waals surface area contributed by atoms with Crippen molar-refractivity contribution in [2.75, 3.05) is 5.32 Å². The number of rotatable bonds is 3. The number of nitrogens with zero attached hydrogens (tertiary/aromatic N) is 3. The first kappa shape index (κ1) is 16.0. The Morgan fingerprint density at radius 3 is 2.65 bits per heavy atom. The van der Waals surface area contributed by atoms with Crippen molar-refractivity contribution in [2.45, 2.75) is 13.1 Å². The number of carbonyl (C=O) groups is 1. The second-order valence-electron chi connectivity index (χ2n) is 4.28. The highest BCUT2D eigenvalue weighted by atomic mass is 32.1. The molecule has 0 radical (unpaired) electrons. The summed E-state index contributed by atoms with van der Waals surface area (Å²) in [4.78, 5) is 17.8. The SMILES string of the molecule is Cc1nc(-c2cccs2)sc1C(=O)Nc1nnc(C(F)(F)F)s1. The van der Waals surface area contributed by atoms with Crippen molar-refractivity contribution < 1.29 is 18.0 Å². The Morgan fingerprint density at radius 2 is 2.04 bits per heavy atom. The van der Waals surface area contributed by atoms with Gasteiger partial charge in [0.1, 0.15) is 9.88 Å². The van der Waals surface area contributed by atoms with Crippen LogP contribution in [0.1, 0.15) is 20.4 Å². The Kier molecular flexibility index (Phi) is 4.17. The molecular formula is C12H7F3N4OS3. The molecule has 0 fully saturated rings. The fourth-order valence-electron chi connectivity index (χ4n) is 1.65. The number of hydrogen-bond acceptors (Lipinski definition) is 7. The molecule has 3 aromatic heterocycles. The van der Waals surface area contributed by atoms with Crippen LogP contribution in [0.25, 0.3) is 9.88 Å². The Balaban J connectivity index is 1.80. The van der Waals surface area contributed by atoms with Crippen molar-refractivity contribution in [3.8, 4) is 9.88 Å². The van der Waals surface area contributed by atoms with E-state index in [9.17, 15) is 18.0 Å². The number of alkyl halides is 3. The quantitative estimate of drug-likeness (QED) is 0.740. The van der Waals surface area contributed by atoms with E-state index < -0.39 is 17.1 Å². The number of carbonyl (C=O) groups excluding carboxylic acids is 1. The third kappa shape index (κ3) is 3.41. The van der Waals surface area contributed by atoms with E-state index in [0.717, 1.165) is 4.88 Å². The minimum absolute atomic E-state index is 0.201. The first-order valence-electron chi connectivity index (χ1n) is 6.08. The molecule has 0 aliphatic carbocycles. The molecule has 0 aromatic carbocycles. The van der Waals surface area contributed by atoms with Gasteiger partial charge in [-0.2, -0.15) is 13.2 Å². The van der Waals surface area contributed by atoms with Crippen LogP contribution in [0.4, 0.5) is 18.3 Å². The van der Waals surface area contributed by atoms with Gasteiger partial charge in [0.15, 0.2) is 0 Å². The number of thiazole rings is 1. The number of thiophene rings is 1. The lowest BCUT2D eigenvalue weighted by Crippen LogP contribution is -2.11. The Hall–Kier alpha value is -1.85. The zero-order chi connectivity index (χ0) is 16.6. The van der Waals surface area contributed by atoms with Crippen molar-refractivity contribution >= 4 is 45.0 Å². The fraction of sp³-hybridized carbons (Fsp3) is 0.167. The predicted octanol–water partition coefficient (Wildman–Crippen LogP) is 4.30. The van der Waals surface area contributed by atoms with Gasteiger partial charge in [0, 0.05) is 0 Å². The van der Waals surface area contributed by atoms with Crippen LogP contribution in [0.5, 0.6) is 0 Å². The zero-order valence-electron chi connectivity index (χ0n) is 11.3. The second-order valence-corrected chi connectivity index (χ2v) is 7.20. The summed E-state index contributed by atoms with van der Waals surface area (Å²) in [6.07, 6.45) is -4.58. The number of aromatic nitrogens is 3. The van der Waals surface area contributed by atoms with Crippen molar-refractivity contribution in [3.63, 3.8) is 0 Å². The molecule has 5 nitrogen and oxygen atoms in total. The van der Waals surface area contributed by atoms with Gasteiger partial charge < -0.3 is 0 Å². The van der Waals surface area contributed by atoms with E-state index in [4.69, 9.17) is 0 Å². The standard InChI is InChI=1S/C12H7F3N4OS3/c1-5-7(22-9(16-5)6-3-2-4-21-6)8(20)17-11-19-18-10(23-11)12(13,14)15/h2-4H,1H3,(H,17,19,20). The maximum Gasteiger partial charge on any atom is 0.445 e. The van der Waals surface area contributed by atoms with Gasteiger partial charge in [-0.15, -0.1) is 32.9 Å². The molecule has 0 bridgehead atoms. The molecule has 1 N–H and O–H groups in total. The maximum atomic E-state index is 12.5. The molecule has 23 heavy (non-hydrogen) atoms. The van der Waals surface area contributed by atoms with Gasteiger partial charge >= 0.3 is 6.18 Å². The molecule has 0 spiro atoms. The van der Waals surface area contributed by atoms with E-state index in [-0.39, 0.29) is 16.5 Å². The number of anilines is 1. The van der Waals surface area contributed by atoms with E-state index in [1.807, 2.05) is 17.5 Å². The van der Waals surface area contributed by atoms with E-state index in [1.165, 1.54) is 22.7 Å². The Morgan fingerprint density at radius 1 is 1.26 bits per heavy atom. The largest absolute Gasteiger partial charge is 0.445 e. The van der Waals surface area contributed by atoms with Gasteiger partial charge in [0.05, 0.1) is 10.6 Å². The molecular weight excluding hydrogens is 369 g/mol. The van der Waals surface area contributed by atoms with Crippen LogP contribution in [0.2, 0.25) is 0 Å². The molecule has 120 valence electrons. The summed E-state index contributed by atoms with van der Waals surface area (Å²) in [5.41, 5.74) is 0.511. The van der Waals surface area contributed by atoms with Crippen LogP contribution >= 0.6 is 34.0 Å². The van der Waals surface area contributed by atoms with E-state index in [1.54, 1.807) is 6.92 Å². The van der Waals surface area contributed by atoms with E-state index in [2.05, 4.69) is 20.5 Å². The van der Waals surface area contributed by atoms with Gasteiger partial charge in [-0.3, -0.25) is 10.1 Å². The normalized spacial score (nSPS) is 11.7. The smallest absolute Gasteiger partial charge is 0.296 e. The summed E-state index contributed by atoms with van der Waals surface area (Å²) in [6.45, 7) is 1.67. The molecule has 0 unspecified atom stereocenters. The minimum atomic E-state index is -4.58. The third-order valence-electron chi connectivity index (χ3n) is 2.62. The topological polar surface area (TPSA) is 67.8 Å². The molecule has 0 atom stereocenters. The molecule has 3 rings (SSSR count). The maximum absolute atomic E-state index is 12.5. The Labute approximate surface area is 139 Å². The number of aryl methyl sites for hydroxylation is 1. The summed E-state index contributed by atoms with van der Waals surface area (Å²) in [6, 6.07) is 3.75. The highest BCUT2D eigenvalue weighted by Crippen LogP contribution is 2.34. The summed E-state index contributed by atoms with van der Waals surface area (Å²) in [5.74, 6) is -0.548. The lowest BCUT2D eigenvalue weighted by Gasteiger charge is -1.99. The third-order valence-corrected chi connectivity index (χ3v) is 5.70. The van der Waals surface area contributed by atoms with Gasteiger partial charge in [-0.05, 0) is 18.4 Å². The average Bonchev–Trinajstić information content (AvgIpc) is 3.15. The van der Waals surface area contributed by atoms with Crippen LogP contribution in [0.15, 0.2) is 17.5 Å². The molecule has 0 aliphatic heterocycles. The molecule has 0 saturated carbocycles. The highest BCUT2D eigenvalue weighted by Gasteiger charge is 2.36.